The van der Waals surface area contributed by atoms with Gasteiger partial charge in [0.25, 0.3) is 0 Å². The van der Waals surface area contributed by atoms with Gasteiger partial charge in [0.05, 0.1) is 13.2 Å². The monoisotopic (exact) mass is 212 g/mol. The lowest BCUT2D eigenvalue weighted by atomic mass is 10.3. The summed E-state index contributed by atoms with van der Waals surface area (Å²) >= 11 is 0. The van der Waals surface area contributed by atoms with Crippen LogP contribution in [0.1, 0.15) is 6.92 Å². The van der Waals surface area contributed by atoms with Gasteiger partial charge in [0.15, 0.2) is 11.5 Å². The van der Waals surface area contributed by atoms with Crippen LogP contribution in [-0.4, -0.2) is 36.1 Å². The molecule has 0 amide bonds. The Bertz CT molecular complexity index is 288. The number of ether oxygens (including phenoxy) is 2. The maximum absolute atomic E-state index is 9.12. The Labute approximate surface area is 89.1 Å². The van der Waals surface area contributed by atoms with Crippen molar-refractivity contribution in [2.24, 2.45) is 0 Å². The lowest BCUT2D eigenvalue weighted by molar-refractivity contribution is 0.0525. The van der Waals surface area contributed by atoms with E-state index in [1.807, 2.05) is 19.1 Å². The third-order valence-electron chi connectivity index (χ3n) is 1.79. The second-order valence-corrected chi connectivity index (χ2v) is 3.03. The van der Waals surface area contributed by atoms with Crippen LogP contribution in [0.5, 0.6) is 11.5 Å². The summed E-state index contributed by atoms with van der Waals surface area (Å²) in [4.78, 5) is 0. The summed E-state index contributed by atoms with van der Waals surface area (Å²) in [7, 11) is 0. The van der Waals surface area contributed by atoms with Crippen LogP contribution >= 0.6 is 0 Å². The van der Waals surface area contributed by atoms with Crippen molar-refractivity contribution in [3.05, 3.63) is 24.3 Å². The van der Waals surface area contributed by atoms with Crippen molar-refractivity contribution >= 4 is 0 Å². The predicted molar refractivity (Wildman–Crippen MR) is 56.2 cm³/mol. The molecule has 1 aromatic carbocycles. The van der Waals surface area contributed by atoms with Gasteiger partial charge in [-0.05, 0) is 19.1 Å². The minimum Gasteiger partial charge on any atom is -0.490 e. The summed E-state index contributed by atoms with van der Waals surface area (Å²) in [6, 6.07) is 7.22. The van der Waals surface area contributed by atoms with Crippen molar-refractivity contribution in [2.45, 2.75) is 13.0 Å². The molecule has 0 fully saturated rings. The fourth-order valence-electron chi connectivity index (χ4n) is 1.08. The molecule has 1 atom stereocenters. The van der Waals surface area contributed by atoms with E-state index >= 15 is 0 Å². The molecule has 0 aliphatic heterocycles. The molecule has 0 saturated carbocycles. The molecule has 4 heteroatoms. The van der Waals surface area contributed by atoms with Gasteiger partial charge in [-0.25, -0.2) is 0 Å². The van der Waals surface area contributed by atoms with Crippen molar-refractivity contribution in [3.8, 4) is 11.5 Å². The SMILES string of the molecule is CCOc1ccccc1OCC(O)CO. The molecule has 1 aromatic rings. The quantitative estimate of drug-likeness (QED) is 0.733. The molecule has 0 saturated heterocycles. The third kappa shape index (κ3) is 3.77. The summed E-state index contributed by atoms with van der Waals surface area (Å²) in [5.41, 5.74) is 0. The van der Waals surface area contributed by atoms with E-state index in [2.05, 4.69) is 0 Å². The van der Waals surface area contributed by atoms with Crippen LogP contribution in [-0.2, 0) is 0 Å². The van der Waals surface area contributed by atoms with E-state index < -0.39 is 6.10 Å². The first-order valence-corrected chi connectivity index (χ1v) is 4.91. The summed E-state index contributed by atoms with van der Waals surface area (Å²) in [5.74, 6) is 1.22. The van der Waals surface area contributed by atoms with Crippen LogP contribution in [0.3, 0.4) is 0 Å². The van der Waals surface area contributed by atoms with E-state index in [0.717, 1.165) is 0 Å². The lowest BCUT2D eigenvalue weighted by Crippen LogP contribution is -2.21. The molecular formula is C11H16O4. The standard InChI is InChI=1S/C11H16O4/c1-2-14-10-5-3-4-6-11(10)15-8-9(13)7-12/h3-6,9,12-13H,2,7-8H2,1H3. The smallest absolute Gasteiger partial charge is 0.161 e. The van der Waals surface area contributed by atoms with Gasteiger partial charge in [0.1, 0.15) is 12.7 Å². The van der Waals surface area contributed by atoms with E-state index in [4.69, 9.17) is 19.7 Å². The van der Waals surface area contributed by atoms with Gasteiger partial charge in [0.2, 0.25) is 0 Å². The molecule has 0 heterocycles. The number of rotatable bonds is 6. The Kier molecular flexibility index (Phi) is 4.93. The van der Waals surface area contributed by atoms with E-state index in [9.17, 15) is 0 Å². The molecule has 0 aromatic heterocycles. The molecule has 0 spiro atoms. The molecule has 15 heavy (non-hydrogen) atoms. The summed E-state index contributed by atoms with van der Waals surface area (Å²) in [5, 5.41) is 17.7. The van der Waals surface area contributed by atoms with Gasteiger partial charge in [-0.15, -0.1) is 0 Å². The highest BCUT2D eigenvalue weighted by Gasteiger charge is 2.06. The molecule has 1 unspecified atom stereocenters. The minimum absolute atomic E-state index is 0.0561. The summed E-state index contributed by atoms with van der Waals surface area (Å²) < 4.78 is 10.6. The Morgan fingerprint density at radius 2 is 1.80 bits per heavy atom. The molecule has 4 nitrogen and oxygen atoms in total. The zero-order valence-electron chi connectivity index (χ0n) is 8.72. The van der Waals surface area contributed by atoms with Crippen molar-refractivity contribution in [1.29, 1.82) is 0 Å². The van der Waals surface area contributed by atoms with Crippen LogP contribution in [0.25, 0.3) is 0 Å². The topological polar surface area (TPSA) is 58.9 Å². The first-order valence-electron chi connectivity index (χ1n) is 4.91. The first-order chi connectivity index (χ1) is 7.27. The zero-order valence-corrected chi connectivity index (χ0v) is 8.72. The minimum atomic E-state index is -0.861. The highest BCUT2D eigenvalue weighted by molar-refractivity contribution is 5.39. The van der Waals surface area contributed by atoms with Gasteiger partial charge in [-0.3, -0.25) is 0 Å². The van der Waals surface area contributed by atoms with E-state index in [1.54, 1.807) is 12.1 Å². The number of para-hydroxylation sites is 2. The third-order valence-corrected chi connectivity index (χ3v) is 1.79. The van der Waals surface area contributed by atoms with Gasteiger partial charge < -0.3 is 19.7 Å². The first kappa shape index (κ1) is 11.8. The van der Waals surface area contributed by atoms with Gasteiger partial charge in [0, 0.05) is 0 Å². The average Bonchev–Trinajstić information content (AvgIpc) is 2.28. The lowest BCUT2D eigenvalue weighted by Gasteiger charge is -2.13. The maximum Gasteiger partial charge on any atom is 0.161 e. The fraction of sp³-hybridized carbons (Fsp3) is 0.455. The average molecular weight is 212 g/mol. The number of aliphatic hydroxyl groups is 2. The summed E-state index contributed by atoms with van der Waals surface area (Å²) in [6.07, 6.45) is -0.861. The van der Waals surface area contributed by atoms with Crippen LogP contribution in [0.4, 0.5) is 0 Å². The Morgan fingerprint density at radius 1 is 1.20 bits per heavy atom. The number of hydrogen-bond donors (Lipinski definition) is 2. The summed E-state index contributed by atoms with van der Waals surface area (Å²) in [6.45, 7) is 2.19. The second kappa shape index (κ2) is 6.27. The van der Waals surface area contributed by atoms with Crippen molar-refractivity contribution in [2.75, 3.05) is 19.8 Å². The van der Waals surface area contributed by atoms with Crippen molar-refractivity contribution < 1.29 is 19.7 Å². The largest absolute Gasteiger partial charge is 0.490 e. The van der Waals surface area contributed by atoms with Crippen LogP contribution in [0.2, 0.25) is 0 Å². The molecule has 0 aliphatic carbocycles. The van der Waals surface area contributed by atoms with Gasteiger partial charge in [-0.2, -0.15) is 0 Å². The van der Waals surface area contributed by atoms with Gasteiger partial charge in [-0.1, -0.05) is 12.1 Å². The van der Waals surface area contributed by atoms with Crippen LogP contribution < -0.4 is 9.47 Å². The predicted octanol–water partition coefficient (Wildman–Crippen LogP) is 0.817. The number of aliphatic hydroxyl groups excluding tert-OH is 2. The molecule has 2 N–H and O–H groups in total. The maximum atomic E-state index is 9.12. The molecule has 0 bridgehead atoms. The molecule has 1 rings (SSSR count). The van der Waals surface area contributed by atoms with E-state index in [-0.39, 0.29) is 13.2 Å². The highest BCUT2D eigenvalue weighted by atomic mass is 16.5. The molecule has 0 radical (unpaired) electrons. The van der Waals surface area contributed by atoms with E-state index in [0.29, 0.717) is 18.1 Å². The van der Waals surface area contributed by atoms with Crippen LogP contribution in [0, 0.1) is 0 Å². The Morgan fingerprint density at radius 3 is 2.33 bits per heavy atom. The number of benzene rings is 1. The fourth-order valence-corrected chi connectivity index (χ4v) is 1.08. The Balaban J connectivity index is 2.58. The van der Waals surface area contributed by atoms with E-state index in [1.165, 1.54) is 0 Å². The molecule has 0 aliphatic rings. The number of hydrogen-bond acceptors (Lipinski definition) is 4. The highest BCUT2D eigenvalue weighted by Crippen LogP contribution is 2.26. The Hall–Kier alpha value is -1.26. The van der Waals surface area contributed by atoms with Gasteiger partial charge >= 0.3 is 0 Å². The van der Waals surface area contributed by atoms with Crippen molar-refractivity contribution in [3.63, 3.8) is 0 Å². The normalized spacial score (nSPS) is 12.2. The van der Waals surface area contributed by atoms with Crippen molar-refractivity contribution in [1.82, 2.24) is 0 Å². The molecular weight excluding hydrogens is 196 g/mol. The second-order valence-electron chi connectivity index (χ2n) is 3.03. The van der Waals surface area contributed by atoms with Crippen LogP contribution in [0.15, 0.2) is 24.3 Å². The molecule has 84 valence electrons. The zero-order chi connectivity index (χ0) is 11.1.